The number of likely N-dealkylation sites (tertiary alicyclic amines) is 1. The smallest absolute Gasteiger partial charge is 0.417 e. The van der Waals surface area contributed by atoms with E-state index in [0.717, 1.165) is 4.90 Å². The molecular weight excluding hydrogens is 310 g/mol. The maximum Gasteiger partial charge on any atom is 0.417 e. The van der Waals surface area contributed by atoms with Gasteiger partial charge in [0.05, 0.1) is 6.04 Å². The third kappa shape index (κ3) is 3.06. The van der Waals surface area contributed by atoms with Gasteiger partial charge in [-0.3, -0.25) is 4.79 Å². The number of carbonyl (C=O) groups excluding carboxylic acids is 3. The van der Waals surface area contributed by atoms with Crippen LogP contribution in [0.3, 0.4) is 0 Å². The fourth-order valence-electron chi connectivity index (χ4n) is 2.76. The molecule has 2 fully saturated rings. The Morgan fingerprint density at radius 3 is 2.29 bits per heavy atom. The molecule has 1 aromatic carbocycles. The van der Waals surface area contributed by atoms with Crippen molar-refractivity contribution >= 4 is 23.7 Å². The topological polar surface area (TPSA) is 79.0 Å². The van der Waals surface area contributed by atoms with Crippen LogP contribution in [0.25, 0.3) is 0 Å². The van der Waals surface area contributed by atoms with Crippen molar-refractivity contribution in [3.63, 3.8) is 0 Å². The number of nitrogens with zero attached hydrogens (tertiary/aromatic N) is 2. The zero-order valence-corrected chi connectivity index (χ0v) is 14.0. The summed E-state index contributed by atoms with van der Waals surface area (Å²) in [4.78, 5) is 37.9. The average molecular weight is 331 g/mol. The van der Waals surface area contributed by atoms with E-state index in [1.807, 2.05) is 24.3 Å². The van der Waals surface area contributed by atoms with Gasteiger partial charge in [-0.25, -0.2) is 14.5 Å². The Morgan fingerprint density at radius 2 is 1.79 bits per heavy atom. The van der Waals surface area contributed by atoms with Gasteiger partial charge in [-0.1, -0.05) is 32.9 Å². The minimum atomic E-state index is -0.622. The summed E-state index contributed by atoms with van der Waals surface area (Å²) in [7, 11) is 0. The summed E-state index contributed by atoms with van der Waals surface area (Å²) in [5.41, 5.74) is 1.97. The summed E-state index contributed by atoms with van der Waals surface area (Å²) < 4.78 is 4.68. The zero-order valence-electron chi connectivity index (χ0n) is 14.0. The number of ether oxygens (including phenoxy) is 1. The summed E-state index contributed by atoms with van der Waals surface area (Å²) in [6.07, 6.45) is -0.622. The Hall–Kier alpha value is -2.57. The lowest BCUT2D eigenvalue weighted by atomic mass is 9.87. The van der Waals surface area contributed by atoms with Crippen LogP contribution in [0, 0.1) is 0 Å². The first-order valence-electron chi connectivity index (χ1n) is 7.91. The Bertz CT molecular complexity index is 656. The molecule has 128 valence electrons. The highest BCUT2D eigenvalue weighted by Crippen LogP contribution is 2.24. The SMILES string of the molecule is CC(C)(C)c1ccc(NC(=O)N2CC(N3C(=O)COC3=O)C2)cc1. The Morgan fingerprint density at radius 1 is 1.17 bits per heavy atom. The highest BCUT2D eigenvalue weighted by Gasteiger charge is 2.44. The number of amides is 4. The van der Waals surface area contributed by atoms with Gasteiger partial charge in [0.1, 0.15) is 0 Å². The van der Waals surface area contributed by atoms with Gasteiger partial charge in [0, 0.05) is 18.8 Å². The normalized spacial score (nSPS) is 18.5. The number of carbonyl (C=O) groups is 3. The molecule has 3 rings (SSSR count). The summed E-state index contributed by atoms with van der Waals surface area (Å²) in [5, 5.41) is 2.82. The molecule has 0 atom stereocenters. The molecule has 0 spiro atoms. The first kappa shape index (κ1) is 16.3. The fourth-order valence-corrected chi connectivity index (χ4v) is 2.76. The van der Waals surface area contributed by atoms with E-state index in [4.69, 9.17) is 0 Å². The Balaban J connectivity index is 1.54. The predicted molar refractivity (Wildman–Crippen MR) is 87.7 cm³/mol. The lowest BCUT2D eigenvalue weighted by molar-refractivity contribution is -0.129. The number of hydrogen-bond acceptors (Lipinski definition) is 4. The van der Waals surface area contributed by atoms with E-state index in [0.29, 0.717) is 18.8 Å². The molecule has 2 aliphatic heterocycles. The highest BCUT2D eigenvalue weighted by molar-refractivity contribution is 5.98. The summed E-state index contributed by atoms with van der Waals surface area (Å²) in [5.74, 6) is -0.345. The van der Waals surface area contributed by atoms with E-state index in [2.05, 4.69) is 30.8 Å². The van der Waals surface area contributed by atoms with Gasteiger partial charge in [-0.2, -0.15) is 0 Å². The number of rotatable bonds is 2. The number of cyclic esters (lactones) is 1. The van der Waals surface area contributed by atoms with E-state index in [1.165, 1.54) is 5.56 Å². The predicted octanol–water partition coefficient (Wildman–Crippen LogP) is 2.18. The quantitative estimate of drug-likeness (QED) is 0.901. The lowest BCUT2D eigenvalue weighted by Crippen LogP contribution is -2.63. The first-order chi connectivity index (χ1) is 11.3. The van der Waals surface area contributed by atoms with E-state index in [-0.39, 0.29) is 30.0 Å². The van der Waals surface area contributed by atoms with Crippen LogP contribution in [0.5, 0.6) is 0 Å². The molecule has 7 heteroatoms. The van der Waals surface area contributed by atoms with Gasteiger partial charge in [0.15, 0.2) is 6.61 Å². The Labute approximate surface area is 140 Å². The third-order valence-corrected chi connectivity index (χ3v) is 4.30. The molecule has 7 nitrogen and oxygen atoms in total. The van der Waals surface area contributed by atoms with Gasteiger partial charge in [-0.05, 0) is 23.1 Å². The zero-order chi connectivity index (χ0) is 17.5. The van der Waals surface area contributed by atoms with Crippen LogP contribution < -0.4 is 5.32 Å². The van der Waals surface area contributed by atoms with Crippen molar-refractivity contribution in [1.82, 2.24) is 9.80 Å². The fraction of sp³-hybridized carbons (Fsp3) is 0.471. The van der Waals surface area contributed by atoms with Gasteiger partial charge in [0.25, 0.3) is 5.91 Å². The molecule has 2 heterocycles. The van der Waals surface area contributed by atoms with Crippen LogP contribution in [-0.2, 0) is 14.9 Å². The van der Waals surface area contributed by atoms with Gasteiger partial charge >= 0.3 is 12.1 Å². The first-order valence-corrected chi connectivity index (χ1v) is 7.91. The standard InChI is InChI=1S/C17H21N3O4/c1-17(2,3)11-4-6-12(7-5-11)18-15(22)19-8-13(9-19)20-14(21)10-24-16(20)23/h4-7,13H,8-10H2,1-3H3,(H,18,22). The van der Waals surface area contributed by atoms with Crippen LogP contribution >= 0.6 is 0 Å². The molecule has 2 saturated heterocycles. The van der Waals surface area contributed by atoms with E-state index in [1.54, 1.807) is 4.90 Å². The molecule has 24 heavy (non-hydrogen) atoms. The molecule has 0 aliphatic carbocycles. The second kappa shape index (κ2) is 5.81. The number of hydrogen-bond donors (Lipinski definition) is 1. The minimum absolute atomic E-state index is 0.0596. The molecule has 4 amide bonds. The second-order valence-corrected chi connectivity index (χ2v) is 7.13. The number of nitrogens with one attached hydrogen (secondary N) is 1. The molecule has 0 bridgehead atoms. The molecule has 0 aromatic heterocycles. The van der Waals surface area contributed by atoms with Crippen molar-refractivity contribution in [3.8, 4) is 0 Å². The van der Waals surface area contributed by atoms with Crippen molar-refractivity contribution in [2.75, 3.05) is 25.0 Å². The van der Waals surface area contributed by atoms with E-state index in [9.17, 15) is 14.4 Å². The molecule has 0 unspecified atom stereocenters. The van der Waals surface area contributed by atoms with E-state index < -0.39 is 6.09 Å². The summed E-state index contributed by atoms with van der Waals surface area (Å²) in [6, 6.07) is 7.20. The molecule has 1 aromatic rings. The van der Waals surface area contributed by atoms with Gasteiger partial charge in [-0.15, -0.1) is 0 Å². The molecule has 0 radical (unpaired) electrons. The summed E-state index contributed by atoms with van der Waals surface area (Å²) in [6.45, 7) is 6.84. The van der Waals surface area contributed by atoms with Crippen LogP contribution in [0.15, 0.2) is 24.3 Å². The minimum Gasteiger partial charge on any atom is -0.439 e. The highest BCUT2D eigenvalue weighted by atomic mass is 16.6. The van der Waals surface area contributed by atoms with Crippen molar-refractivity contribution in [1.29, 1.82) is 0 Å². The van der Waals surface area contributed by atoms with Crippen molar-refractivity contribution in [2.45, 2.75) is 32.2 Å². The van der Waals surface area contributed by atoms with Crippen LogP contribution in [0.1, 0.15) is 26.3 Å². The maximum atomic E-state index is 12.2. The van der Waals surface area contributed by atoms with Crippen LogP contribution in [0.4, 0.5) is 15.3 Å². The number of anilines is 1. The molecule has 2 aliphatic rings. The molecule has 0 saturated carbocycles. The van der Waals surface area contributed by atoms with E-state index >= 15 is 0 Å². The van der Waals surface area contributed by atoms with Crippen molar-refractivity contribution < 1.29 is 19.1 Å². The Kier molecular flexibility index (Phi) is 3.95. The largest absolute Gasteiger partial charge is 0.439 e. The van der Waals surface area contributed by atoms with Crippen molar-refractivity contribution in [3.05, 3.63) is 29.8 Å². The van der Waals surface area contributed by atoms with Crippen molar-refractivity contribution in [2.24, 2.45) is 0 Å². The number of urea groups is 1. The molecule has 1 N–H and O–H groups in total. The molecular formula is C17H21N3O4. The number of imide groups is 1. The lowest BCUT2D eigenvalue weighted by Gasteiger charge is -2.41. The van der Waals surface area contributed by atoms with Gasteiger partial charge in [0.2, 0.25) is 0 Å². The average Bonchev–Trinajstić information content (AvgIpc) is 2.77. The van der Waals surface area contributed by atoms with Crippen LogP contribution in [0.2, 0.25) is 0 Å². The van der Waals surface area contributed by atoms with Crippen LogP contribution in [-0.4, -0.2) is 53.6 Å². The van der Waals surface area contributed by atoms with Gasteiger partial charge < -0.3 is 15.0 Å². The number of benzene rings is 1. The summed E-state index contributed by atoms with van der Waals surface area (Å²) >= 11 is 0. The third-order valence-electron chi connectivity index (χ3n) is 4.30. The second-order valence-electron chi connectivity index (χ2n) is 7.13. The monoisotopic (exact) mass is 331 g/mol. The maximum absolute atomic E-state index is 12.2.